The summed E-state index contributed by atoms with van der Waals surface area (Å²) in [6.45, 7) is -1.40. The Balaban J connectivity index is 1.75. The predicted molar refractivity (Wildman–Crippen MR) is 103 cm³/mol. The zero-order chi connectivity index (χ0) is 23.6. The van der Waals surface area contributed by atoms with E-state index in [1.807, 2.05) is 0 Å². The topological polar surface area (TPSA) is 219 Å². The third-order valence-corrected chi connectivity index (χ3v) is 5.46. The number of hydrogen-bond donors (Lipinski definition) is 9. The van der Waals surface area contributed by atoms with Crippen molar-refractivity contribution >= 4 is 11.7 Å². The molecule has 2 saturated heterocycles. The molecule has 9 N–H and O–H groups in total. The molecule has 180 valence electrons. The number of aliphatic hydroxyl groups excluding tert-OH is 7. The molecule has 2 fully saturated rings. The van der Waals surface area contributed by atoms with E-state index in [4.69, 9.17) is 14.2 Å². The average Bonchev–Trinajstić information content (AvgIpc) is 2.78. The number of para-hydroxylation sites is 1. The van der Waals surface area contributed by atoms with Gasteiger partial charge in [0, 0.05) is 0 Å². The van der Waals surface area contributed by atoms with Crippen LogP contribution in [0.3, 0.4) is 0 Å². The van der Waals surface area contributed by atoms with Crippen molar-refractivity contribution in [1.29, 1.82) is 0 Å². The molecule has 0 spiro atoms. The van der Waals surface area contributed by atoms with Gasteiger partial charge in [-0.1, -0.05) is 12.1 Å². The molecule has 2 aliphatic heterocycles. The second-order valence-corrected chi connectivity index (χ2v) is 7.55. The minimum absolute atomic E-state index is 0.0984. The summed E-state index contributed by atoms with van der Waals surface area (Å²) in [6, 6.07) is 5.80. The van der Waals surface area contributed by atoms with Gasteiger partial charge in [0.05, 0.1) is 24.5 Å². The van der Waals surface area contributed by atoms with Gasteiger partial charge in [0.25, 0.3) is 0 Å². The molecule has 1 aromatic rings. The van der Waals surface area contributed by atoms with Crippen LogP contribution in [-0.2, 0) is 14.2 Å². The van der Waals surface area contributed by atoms with Crippen LogP contribution in [-0.4, -0.2) is 121 Å². The van der Waals surface area contributed by atoms with Crippen molar-refractivity contribution in [2.45, 2.75) is 61.3 Å². The zero-order valence-electron chi connectivity index (χ0n) is 16.7. The lowest BCUT2D eigenvalue weighted by molar-refractivity contribution is -0.340. The van der Waals surface area contributed by atoms with Gasteiger partial charge in [-0.25, -0.2) is 4.79 Å². The summed E-state index contributed by atoms with van der Waals surface area (Å²) in [4.78, 5) is 11.4. The summed E-state index contributed by atoms with van der Waals surface area (Å²) >= 11 is 0. The number of hydrogen-bond acceptors (Lipinski definition) is 12. The molecule has 32 heavy (non-hydrogen) atoms. The number of aliphatic hydroxyl groups is 7. The first-order valence-corrected chi connectivity index (χ1v) is 9.86. The smallest absolute Gasteiger partial charge is 0.337 e. The number of benzene rings is 1. The minimum Gasteiger partial charge on any atom is -0.478 e. The van der Waals surface area contributed by atoms with Crippen molar-refractivity contribution in [3.63, 3.8) is 0 Å². The van der Waals surface area contributed by atoms with Gasteiger partial charge in [-0.2, -0.15) is 0 Å². The van der Waals surface area contributed by atoms with Gasteiger partial charge in [-0.3, -0.25) is 0 Å². The Morgan fingerprint density at radius 2 is 1.53 bits per heavy atom. The van der Waals surface area contributed by atoms with E-state index in [-0.39, 0.29) is 11.3 Å². The Kier molecular flexibility index (Phi) is 8.00. The maximum Gasteiger partial charge on any atom is 0.337 e. The maximum absolute atomic E-state index is 11.4. The van der Waals surface area contributed by atoms with Crippen LogP contribution >= 0.6 is 0 Å². The monoisotopic (exact) mass is 461 g/mol. The minimum atomic E-state index is -1.77. The second-order valence-electron chi connectivity index (χ2n) is 7.55. The van der Waals surface area contributed by atoms with Crippen molar-refractivity contribution in [3.05, 3.63) is 29.8 Å². The number of anilines is 1. The van der Waals surface area contributed by atoms with Gasteiger partial charge >= 0.3 is 5.97 Å². The van der Waals surface area contributed by atoms with Crippen molar-refractivity contribution in [1.82, 2.24) is 0 Å². The Morgan fingerprint density at radius 1 is 0.875 bits per heavy atom. The van der Waals surface area contributed by atoms with Gasteiger partial charge < -0.3 is 60.4 Å². The van der Waals surface area contributed by atoms with Gasteiger partial charge in [-0.15, -0.1) is 0 Å². The molecule has 0 aromatic heterocycles. The maximum atomic E-state index is 11.4. The molecule has 13 heteroatoms. The van der Waals surface area contributed by atoms with E-state index >= 15 is 0 Å². The van der Waals surface area contributed by atoms with Crippen LogP contribution in [0.5, 0.6) is 0 Å². The van der Waals surface area contributed by atoms with Crippen LogP contribution in [0.2, 0.25) is 0 Å². The summed E-state index contributed by atoms with van der Waals surface area (Å²) in [6.07, 6.45) is -15.5. The number of carbonyl (C=O) groups is 1. The van der Waals surface area contributed by atoms with Crippen LogP contribution in [0.4, 0.5) is 5.69 Å². The number of aromatic carboxylic acids is 1. The SMILES string of the molecule is O=C(O)c1ccccc1N[C@H]1O[C@@H](CO)[C@H](O[C@H]2O[C@@H](CO)[C@@H](O)[C@@H](O)[C@H]2O)[C@H](O)[C@H]1O. The Hall–Kier alpha value is -1.91. The molecule has 1 aromatic carbocycles. The van der Waals surface area contributed by atoms with Gasteiger partial charge in [0.2, 0.25) is 0 Å². The summed E-state index contributed by atoms with van der Waals surface area (Å²) in [5.41, 5.74) is -0.0146. The molecule has 13 nitrogen and oxygen atoms in total. The third-order valence-electron chi connectivity index (χ3n) is 5.46. The molecule has 2 aliphatic rings. The second kappa shape index (κ2) is 10.4. The van der Waals surface area contributed by atoms with Crippen molar-refractivity contribution in [2.75, 3.05) is 18.5 Å². The standard InChI is InChI=1S/C19H27NO12/c21-5-9-11(23)12(24)15(27)19(31-9)32-16-10(6-22)30-17(14(26)13(16)25)20-8-4-2-1-3-7(8)18(28)29/h1-4,9-17,19-27H,5-6H2,(H,28,29)/t9-,10-,11+,12+,13+,14+,15+,16-,17-,19+/m0/s1. The molecular formula is C19H27NO12. The molecule has 2 heterocycles. The lowest BCUT2D eigenvalue weighted by Crippen LogP contribution is -2.65. The fourth-order valence-corrected chi connectivity index (χ4v) is 3.66. The molecule has 0 unspecified atom stereocenters. The highest BCUT2D eigenvalue weighted by atomic mass is 16.7. The van der Waals surface area contributed by atoms with Crippen LogP contribution < -0.4 is 5.32 Å². The fraction of sp³-hybridized carbons (Fsp3) is 0.632. The highest BCUT2D eigenvalue weighted by Crippen LogP contribution is 2.30. The Morgan fingerprint density at radius 3 is 2.16 bits per heavy atom. The summed E-state index contributed by atoms with van der Waals surface area (Å²) in [7, 11) is 0. The number of ether oxygens (including phenoxy) is 3. The zero-order valence-corrected chi connectivity index (χ0v) is 16.7. The quantitative estimate of drug-likeness (QED) is 0.192. The molecule has 3 rings (SSSR count). The van der Waals surface area contributed by atoms with Crippen molar-refractivity contribution in [3.8, 4) is 0 Å². The van der Waals surface area contributed by atoms with Crippen LogP contribution in [0.1, 0.15) is 10.4 Å². The van der Waals surface area contributed by atoms with Gasteiger partial charge in [0.15, 0.2) is 12.5 Å². The van der Waals surface area contributed by atoms with Crippen molar-refractivity contribution < 1.29 is 59.9 Å². The molecule has 0 aliphatic carbocycles. The van der Waals surface area contributed by atoms with Crippen LogP contribution in [0.25, 0.3) is 0 Å². The predicted octanol–water partition coefficient (Wildman–Crippen LogP) is -3.58. The summed E-state index contributed by atoms with van der Waals surface area (Å²) < 4.78 is 16.3. The average molecular weight is 461 g/mol. The van der Waals surface area contributed by atoms with E-state index in [0.29, 0.717) is 0 Å². The lowest BCUT2D eigenvalue weighted by atomic mass is 9.96. The normalized spacial score (nSPS) is 40.1. The van der Waals surface area contributed by atoms with Gasteiger partial charge in [0.1, 0.15) is 48.8 Å². The Bertz CT molecular complexity index is 776. The van der Waals surface area contributed by atoms with Gasteiger partial charge in [-0.05, 0) is 12.1 Å². The van der Waals surface area contributed by atoms with Crippen LogP contribution in [0, 0.1) is 0 Å². The number of carboxylic acid groups (broad SMARTS) is 1. The molecular weight excluding hydrogens is 434 g/mol. The molecule has 0 saturated carbocycles. The van der Waals surface area contributed by atoms with E-state index in [1.165, 1.54) is 18.2 Å². The number of rotatable bonds is 7. The van der Waals surface area contributed by atoms with E-state index in [9.17, 15) is 45.6 Å². The van der Waals surface area contributed by atoms with E-state index in [1.54, 1.807) is 6.07 Å². The number of carboxylic acids is 1. The fourth-order valence-electron chi connectivity index (χ4n) is 3.66. The van der Waals surface area contributed by atoms with Crippen molar-refractivity contribution in [2.24, 2.45) is 0 Å². The highest BCUT2D eigenvalue weighted by molar-refractivity contribution is 5.94. The van der Waals surface area contributed by atoms with E-state index in [2.05, 4.69) is 5.32 Å². The lowest BCUT2D eigenvalue weighted by Gasteiger charge is -2.46. The van der Waals surface area contributed by atoms with Crippen LogP contribution in [0.15, 0.2) is 24.3 Å². The Labute approximate surface area is 182 Å². The first-order valence-electron chi connectivity index (χ1n) is 9.86. The first-order chi connectivity index (χ1) is 15.2. The molecule has 10 atom stereocenters. The summed E-state index contributed by atoms with van der Waals surface area (Å²) in [5.74, 6) is -1.23. The third kappa shape index (κ3) is 4.87. The van der Waals surface area contributed by atoms with E-state index in [0.717, 1.165) is 0 Å². The number of nitrogens with one attached hydrogen (secondary N) is 1. The first kappa shape index (κ1) is 24.7. The largest absolute Gasteiger partial charge is 0.478 e. The highest BCUT2D eigenvalue weighted by Gasteiger charge is 2.50. The molecule has 0 bridgehead atoms. The molecule has 0 radical (unpaired) electrons. The molecule has 0 amide bonds. The summed E-state index contributed by atoms with van der Waals surface area (Å²) in [5, 5.41) is 82.0. The van der Waals surface area contributed by atoms with E-state index < -0.39 is 80.5 Å².